The molecule has 4 nitrogen and oxygen atoms in total. The predicted octanol–water partition coefficient (Wildman–Crippen LogP) is 3.52. The van der Waals surface area contributed by atoms with Gasteiger partial charge in [-0.2, -0.15) is 0 Å². The number of aryl methyl sites for hydroxylation is 2. The van der Waals surface area contributed by atoms with Crippen LogP contribution in [0.25, 0.3) is 16.6 Å². The minimum atomic E-state index is -0.284. The Bertz CT molecular complexity index is 882. The number of aromatic nitrogens is 2. The van der Waals surface area contributed by atoms with E-state index in [9.17, 15) is 9.90 Å². The van der Waals surface area contributed by atoms with Crippen molar-refractivity contribution in [3.8, 4) is 5.69 Å². The summed E-state index contributed by atoms with van der Waals surface area (Å²) in [5.41, 5.74) is 3.08. The molecule has 0 bridgehead atoms. The van der Waals surface area contributed by atoms with E-state index >= 15 is 0 Å². The lowest BCUT2D eigenvalue weighted by Crippen LogP contribution is -2.25. The van der Waals surface area contributed by atoms with E-state index in [0.29, 0.717) is 16.7 Å². The second-order valence-electron chi connectivity index (χ2n) is 5.08. The zero-order valence-electron chi connectivity index (χ0n) is 14.0. The van der Waals surface area contributed by atoms with Gasteiger partial charge in [0.05, 0.1) is 16.6 Å². The van der Waals surface area contributed by atoms with Crippen LogP contribution in [0.3, 0.4) is 0 Å². The molecule has 4 heteroatoms. The number of benzene rings is 2. The third kappa shape index (κ3) is 3.03. The molecule has 1 N–H and O–H groups in total. The lowest BCUT2D eigenvalue weighted by Gasteiger charge is -2.14. The van der Waals surface area contributed by atoms with Crippen LogP contribution < -0.4 is 5.56 Å². The molecule has 23 heavy (non-hydrogen) atoms. The standard InChI is InChI=1S/C17H16N2O2.C2H6/c1-11-6-3-4-9-14(11)19-15(10-20)18-13-8-5-7-12(2)16(13)17(19)21;1-2/h3-9,20H,10H2,1-2H3;1-2H3. The molecule has 0 aliphatic carbocycles. The zero-order chi connectivity index (χ0) is 17.0. The molecule has 1 heterocycles. The summed E-state index contributed by atoms with van der Waals surface area (Å²) < 4.78 is 1.50. The van der Waals surface area contributed by atoms with Gasteiger partial charge in [-0.05, 0) is 37.1 Å². The van der Waals surface area contributed by atoms with Crippen molar-refractivity contribution in [2.24, 2.45) is 0 Å². The number of hydrogen-bond acceptors (Lipinski definition) is 3. The van der Waals surface area contributed by atoms with Crippen molar-refractivity contribution in [2.75, 3.05) is 0 Å². The average Bonchev–Trinajstić information content (AvgIpc) is 2.57. The van der Waals surface area contributed by atoms with Crippen LogP contribution >= 0.6 is 0 Å². The molecule has 0 unspecified atom stereocenters. The van der Waals surface area contributed by atoms with Crippen LogP contribution in [-0.2, 0) is 6.61 Å². The van der Waals surface area contributed by atoms with E-state index in [1.165, 1.54) is 4.57 Å². The van der Waals surface area contributed by atoms with E-state index in [1.807, 2.05) is 64.1 Å². The van der Waals surface area contributed by atoms with Gasteiger partial charge >= 0.3 is 0 Å². The topological polar surface area (TPSA) is 55.1 Å². The van der Waals surface area contributed by atoms with Crippen molar-refractivity contribution in [1.29, 1.82) is 0 Å². The second-order valence-corrected chi connectivity index (χ2v) is 5.08. The lowest BCUT2D eigenvalue weighted by molar-refractivity contribution is 0.268. The van der Waals surface area contributed by atoms with E-state index in [-0.39, 0.29) is 12.2 Å². The minimum absolute atomic E-state index is 0.142. The fraction of sp³-hybridized carbons (Fsp3) is 0.263. The summed E-state index contributed by atoms with van der Waals surface area (Å²) in [6.45, 7) is 7.55. The van der Waals surface area contributed by atoms with Crippen molar-refractivity contribution in [2.45, 2.75) is 34.3 Å². The van der Waals surface area contributed by atoms with Gasteiger partial charge in [-0.25, -0.2) is 4.98 Å². The smallest absolute Gasteiger partial charge is 0.266 e. The summed E-state index contributed by atoms with van der Waals surface area (Å²) in [4.78, 5) is 17.3. The Morgan fingerprint density at radius 3 is 2.30 bits per heavy atom. The summed E-state index contributed by atoms with van der Waals surface area (Å²) in [5, 5.41) is 10.2. The molecule has 0 saturated heterocycles. The van der Waals surface area contributed by atoms with Crippen LogP contribution in [0.15, 0.2) is 47.3 Å². The van der Waals surface area contributed by atoms with Crippen LogP contribution in [-0.4, -0.2) is 14.7 Å². The maximum Gasteiger partial charge on any atom is 0.266 e. The van der Waals surface area contributed by atoms with Gasteiger partial charge in [0, 0.05) is 0 Å². The average molecular weight is 310 g/mol. The molecule has 0 saturated carbocycles. The Morgan fingerprint density at radius 2 is 1.65 bits per heavy atom. The third-order valence-electron chi connectivity index (χ3n) is 3.67. The lowest BCUT2D eigenvalue weighted by atomic mass is 10.1. The molecule has 0 fully saturated rings. The fourth-order valence-electron chi connectivity index (χ4n) is 2.61. The highest BCUT2D eigenvalue weighted by Gasteiger charge is 2.14. The summed E-state index contributed by atoms with van der Waals surface area (Å²) >= 11 is 0. The summed E-state index contributed by atoms with van der Waals surface area (Å²) in [6.07, 6.45) is 0. The number of rotatable bonds is 2. The van der Waals surface area contributed by atoms with Gasteiger partial charge in [-0.15, -0.1) is 0 Å². The molecule has 0 radical (unpaired) electrons. The Balaban J connectivity index is 0.000000924. The Labute approximate surface area is 136 Å². The van der Waals surface area contributed by atoms with Crippen LogP contribution in [0.5, 0.6) is 0 Å². The Kier molecular flexibility index (Phi) is 5.29. The van der Waals surface area contributed by atoms with Gasteiger partial charge in [0.25, 0.3) is 5.56 Å². The normalized spacial score (nSPS) is 10.3. The molecule has 0 aliphatic heterocycles. The molecular weight excluding hydrogens is 288 g/mol. The molecular formula is C19H22N2O2. The molecule has 0 amide bonds. The van der Waals surface area contributed by atoms with Gasteiger partial charge in [-0.3, -0.25) is 9.36 Å². The predicted molar refractivity (Wildman–Crippen MR) is 94.1 cm³/mol. The number of hydrogen-bond donors (Lipinski definition) is 1. The quantitative estimate of drug-likeness (QED) is 0.788. The molecule has 0 aliphatic rings. The van der Waals surface area contributed by atoms with E-state index in [1.54, 1.807) is 6.07 Å². The van der Waals surface area contributed by atoms with Crippen LogP contribution in [0.1, 0.15) is 30.8 Å². The van der Waals surface area contributed by atoms with Crippen molar-refractivity contribution in [3.63, 3.8) is 0 Å². The number of para-hydroxylation sites is 1. The first-order chi connectivity index (χ1) is 11.1. The van der Waals surface area contributed by atoms with E-state index in [0.717, 1.165) is 16.8 Å². The van der Waals surface area contributed by atoms with Gasteiger partial charge in [0.2, 0.25) is 0 Å². The molecule has 0 atom stereocenters. The number of nitrogens with zero attached hydrogens (tertiary/aromatic N) is 2. The van der Waals surface area contributed by atoms with Crippen molar-refractivity contribution in [1.82, 2.24) is 9.55 Å². The monoisotopic (exact) mass is 310 g/mol. The first-order valence-corrected chi connectivity index (χ1v) is 7.81. The maximum absolute atomic E-state index is 12.9. The molecule has 3 rings (SSSR count). The third-order valence-corrected chi connectivity index (χ3v) is 3.67. The SMILES string of the molecule is CC.Cc1ccccc1-n1c(CO)nc2cccc(C)c2c1=O. The number of fused-ring (bicyclic) bond motifs is 1. The van der Waals surface area contributed by atoms with E-state index in [2.05, 4.69) is 4.98 Å². The van der Waals surface area contributed by atoms with E-state index in [4.69, 9.17) is 0 Å². The number of aliphatic hydroxyl groups excluding tert-OH is 1. The Morgan fingerprint density at radius 1 is 1.00 bits per heavy atom. The van der Waals surface area contributed by atoms with Gasteiger partial charge in [0.1, 0.15) is 12.4 Å². The van der Waals surface area contributed by atoms with Crippen molar-refractivity contribution < 1.29 is 5.11 Å². The highest BCUT2D eigenvalue weighted by molar-refractivity contribution is 5.81. The van der Waals surface area contributed by atoms with Crippen LogP contribution in [0.4, 0.5) is 0 Å². The minimum Gasteiger partial charge on any atom is -0.388 e. The largest absolute Gasteiger partial charge is 0.388 e. The van der Waals surface area contributed by atoms with Gasteiger partial charge < -0.3 is 5.11 Å². The maximum atomic E-state index is 12.9. The fourth-order valence-corrected chi connectivity index (χ4v) is 2.61. The van der Waals surface area contributed by atoms with E-state index < -0.39 is 0 Å². The molecule has 0 spiro atoms. The van der Waals surface area contributed by atoms with Gasteiger partial charge in [-0.1, -0.05) is 44.2 Å². The first kappa shape index (κ1) is 16.9. The van der Waals surface area contributed by atoms with Crippen LogP contribution in [0.2, 0.25) is 0 Å². The van der Waals surface area contributed by atoms with Crippen molar-refractivity contribution in [3.05, 3.63) is 69.8 Å². The summed E-state index contributed by atoms with van der Waals surface area (Å²) in [5.74, 6) is 0.354. The molecule has 120 valence electrons. The summed E-state index contributed by atoms with van der Waals surface area (Å²) in [6, 6.07) is 13.1. The second kappa shape index (κ2) is 7.20. The zero-order valence-corrected chi connectivity index (χ0v) is 14.0. The van der Waals surface area contributed by atoms with Gasteiger partial charge in [0.15, 0.2) is 0 Å². The molecule has 3 aromatic rings. The Hall–Kier alpha value is -2.46. The van der Waals surface area contributed by atoms with Crippen LogP contribution in [0, 0.1) is 13.8 Å². The molecule has 1 aromatic heterocycles. The van der Waals surface area contributed by atoms with Crippen molar-refractivity contribution >= 4 is 10.9 Å². The first-order valence-electron chi connectivity index (χ1n) is 7.81. The summed E-state index contributed by atoms with van der Waals surface area (Å²) in [7, 11) is 0. The highest BCUT2D eigenvalue weighted by Crippen LogP contribution is 2.18. The highest BCUT2D eigenvalue weighted by atomic mass is 16.3. The molecule has 2 aromatic carbocycles. The number of aliphatic hydroxyl groups is 1.